The van der Waals surface area contributed by atoms with Crippen LogP contribution in [0.4, 0.5) is 4.79 Å². The minimum Gasteiger partial charge on any atom is -0.465 e. The lowest BCUT2D eigenvalue weighted by Gasteiger charge is -2.30. The van der Waals surface area contributed by atoms with Crippen LogP contribution in [0.2, 0.25) is 0 Å². The topological polar surface area (TPSA) is 99.1 Å². The van der Waals surface area contributed by atoms with E-state index in [4.69, 9.17) is 0 Å². The van der Waals surface area contributed by atoms with E-state index in [-0.39, 0.29) is 24.7 Å². The molecule has 0 unspecified atom stereocenters. The summed E-state index contributed by atoms with van der Waals surface area (Å²) in [6, 6.07) is 8.62. The van der Waals surface area contributed by atoms with Crippen LogP contribution in [0.1, 0.15) is 25.3 Å². The molecule has 2 heterocycles. The number of hydrazone groups is 1. The molecule has 7 nitrogen and oxygen atoms in total. The van der Waals surface area contributed by atoms with Gasteiger partial charge >= 0.3 is 6.09 Å². The van der Waals surface area contributed by atoms with E-state index in [1.54, 1.807) is 0 Å². The molecule has 0 aliphatic carbocycles. The standard InChI is InChI=1S/C16H17N3O4/c1-10(20)13-8-16(9-19(13)15(22)23)7-12(17-18-14(16)21)11-5-3-2-4-6-11/h2-6,13H,7-9H2,1H3,(H,18,21)(H,22,23)/t13-,16-/m0/s1. The van der Waals surface area contributed by atoms with Gasteiger partial charge in [0.05, 0.1) is 17.2 Å². The number of rotatable bonds is 2. The Balaban J connectivity index is 1.93. The molecule has 7 heteroatoms. The van der Waals surface area contributed by atoms with Gasteiger partial charge in [0.1, 0.15) is 0 Å². The Morgan fingerprint density at radius 2 is 2.04 bits per heavy atom. The number of ketones is 1. The fourth-order valence-corrected chi connectivity index (χ4v) is 3.31. The number of carboxylic acid groups (broad SMARTS) is 1. The van der Waals surface area contributed by atoms with E-state index < -0.39 is 17.6 Å². The lowest BCUT2D eigenvalue weighted by atomic mass is 9.77. The highest BCUT2D eigenvalue weighted by Crippen LogP contribution is 2.41. The van der Waals surface area contributed by atoms with Crippen LogP contribution in [-0.2, 0) is 9.59 Å². The number of carbonyl (C=O) groups excluding carboxylic acids is 2. The molecule has 1 aromatic rings. The molecule has 2 aliphatic rings. The molecule has 2 aliphatic heterocycles. The maximum Gasteiger partial charge on any atom is 0.407 e. The summed E-state index contributed by atoms with van der Waals surface area (Å²) in [6.07, 6.45) is -0.679. The first kappa shape index (κ1) is 15.2. The highest BCUT2D eigenvalue weighted by molar-refractivity contribution is 6.06. The van der Waals surface area contributed by atoms with Gasteiger partial charge in [-0.15, -0.1) is 0 Å². The van der Waals surface area contributed by atoms with E-state index in [9.17, 15) is 19.5 Å². The minimum atomic E-state index is -1.18. The number of likely N-dealkylation sites (tertiary alicyclic amines) is 1. The molecule has 2 atom stereocenters. The molecule has 1 aromatic carbocycles. The third-order valence-corrected chi connectivity index (χ3v) is 4.54. The van der Waals surface area contributed by atoms with E-state index >= 15 is 0 Å². The number of hydrogen-bond acceptors (Lipinski definition) is 4. The predicted octanol–water partition coefficient (Wildman–Crippen LogP) is 1.24. The van der Waals surface area contributed by atoms with Crippen molar-refractivity contribution in [1.82, 2.24) is 10.3 Å². The number of amides is 2. The Kier molecular flexibility index (Phi) is 3.63. The molecule has 23 heavy (non-hydrogen) atoms. The Labute approximate surface area is 133 Å². The van der Waals surface area contributed by atoms with Gasteiger partial charge in [0.2, 0.25) is 5.91 Å². The zero-order chi connectivity index (χ0) is 16.6. The van der Waals surface area contributed by atoms with Crippen molar-refractivity contribution in [2.45, 2.75) is 25.8 Å². The maximum atomic E-state index is 12.4. The molecule has 1 spiro atoms. The van der Waals surface area contributed by atoms with Gasteiger partial charge < -0.3 is 5.11 Å². The second-order valence-corrected chi connectivity index (χ2v) is 6.06. The molecule has 0 aromatic heterocycles. The first-order valence-electron chi connectivity index (χ1n) is 7.35. The summed E-state index contributed by atoms with van der Waals surface area (Å²) < 4.78 is 0. The van der Waals surface area contributed by atoms with Gasteiger partial charge in [-0.1, -0.05) is 30.3 Å². The van der Waals surface area contributed by atoms with Crippen molar-refractivity contribution >= 4 is 23.5 Å². The minimum absolute atomic E-state index is 0.00423. The van der Waals surface area contributed by atoms with Crippen molar-refractivity contribution in [2.75, 3.05) is 6.54 Å². The zero-order valence-corrected chi connectivity index (χ0v) is 12.7. The Bertz CT molecular complexity index is 677. The molecule has 0 saturated carbocycles. The van der Waals surface area contributed by atoms with Crippen molar-refractivity contribution in [2.24, 2.45) is 10.5 Å². The summed E-state index contributed by atoms with van der Waals surface area (Å²) in [5, 5.41) is 13.4. The zero-order valence-electron chi connectivity index (χ0n) is 12.7. The number of nitrogens with zero attached hydrogens (tertiary/aromatic N) is 2. The lowest BCUT2D eigenvalue weighted by molar-refractivity contribution is -0.130. The fourth-order valence-electron chi connectivity index (χ4n) is 3.31. The fraction of sp³-hybridized carbons (Fsp3) is 0.375. The van der Waals surface area contributed by atoms with Gasteiger partial charge in [-0.2, -0.15) is 5.10 Å². The van der Waals surface area contributed by atoms with Crippen LogP contribution in [0, 0.1) is 5.41 Å². The number of Topliss-reactive ketones (excluding diaryl/α,β-unsaturated/α-hetero) is 1. The summed E-state index contributed by atoms with van der Waals surface area (Å²) in [5.41, 5.74) is 3.13. The van der Waals surface area contributed by atoms with Crippen LogP contribution >= 0.6 is 0 Å². The number of hydrogen-bond donors (Lipinski definition) is 2. The van der Waals surface area contributed by atoms with Crippen molar-refractivity contribution < 1.29 is 19.5 Å². The largest absolute Gasteiger partial charge is 0.465 e. The van der Waals surface area contributed by atoms with Gasteiger partial charge in [-0.3, -0.25) is 14.5 Å². The summed E-state index contributed by atoms with van der Waals surface area (Å²) in [4.78, 5) is 36.6. The summed E-state index contributed by atoms with van der Waals surface area (Å²) >= 11 is 0. The van der Waals surface area contributed by atoms with Gasteiger partial charge in [0.15, 0.2) is 5.78 Å². The smallest absolute Gasteiger partial charge is 0.407 e. The van der Waals surface area contributed by atoms with Crippen molar-refractivity contribution in [3.05, 3.63) is 35.9 Å². The second-order valence-electron chi connectivity index (χ2n) is 6.06. The van der Waals surface area contributed by atoms with Crippen LogP contribution in [-0.4, -0.2) is 46.1 Å². The average Bonchev–Trinajstić information content (AvgIpc) is 2.92. The highest BCUT2D eigenvalue weighted by atomic mass is 16.4. The van der Waals surface area contributed by atoms with E-state index in [0.717, 1.165) is 10.5 Å². The molecule has 120 valence electrons. The van der Waals surface area contributed by atoms with Crippen LogP contribution < -0.4 is 5.43 Å². The molecule has 3 rings (SSSR count). The van der Waals surface area contributed by atoms with Crippen molar-refractivity contribution in [3.8, 4) is 0 Å². The molecular weight excluding hydrogens is 298 g/mol. The predicted molar refractivity (Wildman–Crippen MR) is 82.0 cm³/mol. The summed E-state index contributed by atoms with van der Waals surface area (Å²) in [5.74, 6) is -0.576. The molecule has 0 bridgehead atoms. The Morgan fingerprint density at radius 3 is 2.61 bits per heavy atom. The monoisotopic (exact) mass is 315 g/mol. The average molecular weight is 315 g/mol. The van der Waals surface area contributed by atoms with Gasteiger partial charge in [0, 0.05) is 13.0 Å². The number of benzene rings is 1. The number of nitrogens with one attached hydrogen (secondary N) is 1. The summed E-state index contributed by atoms with van der Waals surface area (Å²) in [6.45, 7) is 1.36. The maximum absolute atomic E-state index is 12.4. The van der Waals surface area contributed by atoms with Crippen LogP contribution in [0.5, 0.6) is 0 Å². The van der Waals surface area contributed by atoms with Crippen LogP contribution in [0.25, 0.3) is 0 Å². The molecular formula is C16H17N3O4. The third-order valence-electron chi connectivity index (χ3n) is 4.54. The van der Waals surface area contributed by atoms with Gasteiger partial charge in [-0.05, 0) is 18.9 Å². The lowest BCUT2D eigenvalue weighted by Crippen LogP contribution is -2.47. The molecule has 1 saturated heterocycles. The Morgan fingerprint density at radius 1 is 1.35 bits per heavy atom. The van der Waals surface area contributed by atoms with E-state index in [1.807, 2.05) is 30.3 Å². The van der Waals surface area contributed by atoms with E-state index in [2.05, 4.69) is 10.5 Å². The SMILES string of the molecule is CC(=O)[C@@H]1C[C@@]2(CC(c3ccccc3)=NNC2=O)CN1C(=O)O. The highest BCUT2D eigenvalue weighted by Gasteiger charge is 2.54. The first-order chi connectivity index (χ1) is 10.9. The molecule has 1 fully saturated rings. The second kappa shape index (κ2) is 5.49. The van der Waals surface area contributed by atoms with Crippen LogP contribution in [0.3, 0.4) is 0 Å². The number of carbonyl (C=O) groups is 3. The van der Waals surface area contributed by atoms with E-state index in [0.29, 0.717) is 12.1 Å². The summed E-state index contributed by atoms with van der Waals surface area (Å²) in [7, 11) is 0. The van der Waals surface area contributed by atoms with Gasteiger partial charge in [-0.25, -0.2) is 10.2 Å². The quantitative estimate of drug-likeness (QED) is 0.857. The Hall–Kier alpha value is -2.70. The van der Waals surface area contributed by atoms with Gasteiger partial charge in [0.25, 0.3) is 0 Å². The third kappa shape index (κ3) is 2.58. The van der Waals surface area contributed by atoms with Crippen LogP contribution in [0.15, 0.2) is 35.4 Å². The van der Waals surface area contributed by atoms with Crippen molar-refractivity contribution in [1.29, 1.82) is 0 Å². The molecule has 2 amide bonds. The van der Waals surface area contributed by atoms with Crippen molar-refractivity contribution in [3.63, 3.8) is 0 Å². The molecule has 0 radical (unpaired) electrons. The first-order valence-corrected chi connectivity index (χ1v) is 7.35. The normalized spacial score (nSPS) is 26.8. The molecule has 2 N–H and O–H groups in total. The van der Waals surface area contributed by atoms with E-state index in [1.165, 1.54) is 6.92 Å².